The molecule has 0 spiro atoms. The molecule has 2 aromatic rings. The van der Waals surface area contributed by atoms with Gasteiger partial charge in [0.25, 0.3) is 0 Å². The molecule has 19 heavy (non-hydrogen) atoms. The Kier molecular flexibility index (Phi) is 4.01. The number of hydrogen-bond acceptors (Lipinski definition) is 5. The van der Waals surface area contributed by atoms with Crippen LogP contribution in [0.2, 0.25) is 0 Å². The molecular weight excluding hydrogens is 267 g/mol. The molecule has 0 bridgehead atoms. The number of carbonyl (C=O) groups is 1. The fraction of sp³-hybridized carbons (Fsp3) is 0.0769. The number of nitrogens with two attached hydrogens (primary N) is 1. The molecule has 6 heteroatoms. The summed E-state index contributed by atoms with van der Waals surface area (Å²) < 4.78 is 18.1. The Labute approximate surface area is 113 Å². The van der Waals surface area contributed by atoms with E-state index in [-0.39, 0.29) is 17.1 Å². The zero-order valence-electron chi connectivity index (χ0n) is 10.1. The number of halogens is 1. The van der Waals surface area contributed by atoms with Gasteiger partial charge in [-0.3, -0.25) is 0 Å². The van der Waals surface area contributed by atoms with Gasteiger partial charge >= 0.3 is 5.97 Å². The van der Waals surface area contributed by atoms with E-state index in [9.17, 15) is 9.18 Å². The highest BCUT2D eigenvalue weighted by atomic mass is 32.2. The van der Waals surface area contributed by atoms with Gasteiger partial charge in [0.1, 0.15) is 10.8 Å². The number of esters is 1. The first kappa shape index (κ1) is 13.4. The first-order valence-electron chi connectivity index (χ1n) is 5.38. The normalized spacial score (nSPS) is 10.2. The molecule has 1 aromatic carbocycles. The van der Waals surface area contributed by atoms with E-state index in [2.05, 4.69) is 9.72 Å². The topological polar surface area (TPSA) is 65.2 Å². The number of pyridine rings is 1. The van der Waals surface area contributed by atoms with Crippen LogP contribution in [-0.4, -0.2) is 18.1 Å². The average Bonchev–Trinajstić information content (AvgIpc) is 2.42. The second kappa shape index (κ2) is 5.71. The number of ether oxygens (including phenoxy) is 1. The quantitative estimate of drug-likeness (QED) is 0.874. The fourth-order valence-electron chi connectivity index (χ4n) is 1.43. The van der Waals surface area contributed by atoms with Crippen LogP contribution >= 0.6 is 11.8 Å². The molecule has 0 aliphatic carbocycles. The minimum absolute atomic E-state index is 0.219. The Hall–Kier alpha value is -2.08. The van der Waals surface area contributed by atoms with E-state index in [0.717, 1.165) is 11.8 Å². The maximum absolute atomic E-state index is 13.5. The van der Waals surface area contributed by atoms with E-state index < -0.39 is 5.97 Å². The van der Waals surface area contributed by atoms with Crippen LogP contribution in [0, 0.1) is 5.82 Å². The van der Waals surface area contributed by atoms with Gasteiger partial charge in [-0.1, -0.05) is 23.9 Å². The van der Waals surface area contributed by atoms with Gasteiger partial charge in [0.2, 0.25) is 0 Å². The highest BCUT2D eigenvalue weighted by Gasteiger charge is 2.13. The molecule has 0 unspecified atom stereocenters. The summed E-state index contributed by atoms with van der Waals surface area (Å²) >= 11 is 1.12. The van der Waals surface area contributed by atoms with Gasteiger partial charge in [-0.25, -0.2) is 14.2 Å². The summed E-state index contributed by atoms with van der Waals surface area (Å²) in [6, 6.07) is 7.81. The first-order chi connectivity index (χ1) is 9.11. The van der Waals surface area contributed by atoms with Gasteiger partial charge in [0.15, 0.2) is 0 Å². The van der Waals surface area contributed by atoms with Gasteiger partial charge in [0.05, 0.1) is 24.6 Å². The number of rotatable bonds is 3. The second-order valence-corrected chi connectivity index (χ2v) is 4.70. The summed E-state index contributed by atoms with van der Waals surface area (Å²) in [6.45, 7) is 0. The smallest absolute Gasteiger partial charge is 0.340 e. The Morgan fingerprint density at radius 2 is 2.16 bits per heavy atom. The molecule has 0 amide bonds. The predicted molar refractivity (Wildman–Crippen MR) is 70.5 cm³/mol. The van der Waals surface area contributed by atoms with E-state index >= 15 is 0 Å². The molecule has 1 heterocycles. The van der Waals surface area contributed by atoms with E-state index in [0.29, 0.717) is 9.92 Å². The number of benzene rings is 1. The lowest BCUT2D eigenvalue weighted by Crippen LogP contribution is -2.06. The summed E-state index contributed by atoms with van der Waals surface area (Å²) in [5, 5.41) is 0.472. The van der Waals surface area contributed by atoms with Crippen molar-refractivity contribution in [2.45, 2.75) is 9.92 Å². The van der Waals surface area contributed by atoms with Gasteiger partial charge in [-0.05, 0) is 18.2 Å². The Balaban J connectivity index is 2.32. The number of nitrogen functional groups attached to an aromatic ring is 1. The van der Waals surface area contributed by atoms with E-state index in [1.54, 1.807) is 18.2 Å². The second-order valence-electron chi connectivity index (χ2n) is 3.63. The molecule has 0 saturated carbocycles. The van der Waals surface area contributed by atoms with Crippen molar-refractivity contribution in [3.8, 4) is 0 Å². The molecular formula is C13H11FN2O2S. The summed E-state index contributed by atoms with van der Waals surface area (Å²) in [5.74, 6) is -0.888. The fourth-order valence-corrected chi connectivity index (χ4v) is 2.25. The Morgan fingerprint density at radius 3 is 2.84 bits per heavy atom. The zero-order valence-corrected chi connectivity index (χ0v) is 10.9. The maximum Gasteiger partial charge on any atom is 0.340 e. The van der Waals surface area contributed by atoms with Crippen LogP contribution in [-0.2, 0) is 4.74 Å². The molecule has 0 aliphatic heterocycles. The molecule has 0 aliphatic rings. The lowest BCUT2D eigenvalue weighted by atomic mass is 10.2. The zero-order chi connectivity index (χ0) is 13.8. The predicted octanol–water partition coefficient (Wildman–Crippen LogP) is 2.74. The number of anilines is 1. The molecule has 1 aromatic heterocycles. The van der Waals surface area contributed by atoms with Gasteiger partial charge in [-0.2, -0.15) is 0 Å². The van der Waals surface area contributed by atoms with Crippen molar-refractivity contribution < 1.29 is 13.9 Å². The first-order valence-corrected chi connectivity index (χ1v) is 6.19. The van der Waals surface area contributed by atoms with Gasteiger partial charge in [-0.15, -0.1) is 0 Å². The van der Waals surface area contributed by atoms with Crippen molar-refractivity contribution >= 4 is 23.4 Å². The van der Waals surface area contributed by atoms with Crippen molar-refractivity contribution in [2.24, 2.45) is 0 Å². The van der Waals surface area contributed by atoms with Crippen LogP contribution in [0.3, 0.4) is 0 Å². The van der Waals surface area contributed by atoms with Crippen molar-refractivity contribution in [3.63, 3.8) is 0 Å². The summed E-state index contributed by atoms with van der Waals surface area (Å²) in [5.41, 5.74) is 6.09. The third-order valence-corrected chi connectivity index (χ3v) is 3.35. The summed E-state index contributed by atoms with van der Waals surface area (Å²) in [7, 11) is 1.27. The van der Waals surface area contributed by atoms with Crippen LogP contribution in [0.25, 0.3) is 0 Å². The van der Waals surface area contributed by atoms with E-state index in [1.165, 1.54) is 25.4 Å². The molecule has 2 N–H and O–H groups in total. The number of nitrogens with zero attached hydrogens (tertiary/aromatic N) is 1. The highest BCUT2D eigenvalue weighted by Crippen LogP contribution is 2.29. The molecule has 0 radical (unpaired) electrons. The average molecular weight is 278 g/mol. The number of carbonyl (C=O) groups excluding carboxylic acids is 1. The van der Waals surface area contributed by atoms with Crippen LogP contribution < -0.4 is 5.73 Å². The van der Waals surface area contributed by atoms with Crippen LogP contribution in [0.4, 0.5) is 10.1 Å². The number of hydrogen-bond donors (Lipinski definition) is 1. The third-order valence-electron chi connectivity index (χ3n) is 2.37. The third kappa shape index (κ3) is 3.03. The lowest BCUT2D eigenvalue weighted by Gasteiger charge is -2.06. The van der Waals surface area contributed by atoms with Gasteiger partial charge < -0.3 is 10.5 Å². The summed E-state index contributed by atoms with van der Waals surface area (Å²) in [4.78, 5) is 16.0. The number of methoxy groups -OCH3 is 1. The van der Waals surface area contributed by atoms with Crippen molar-refractivity contribution in [2.75, 3.05) is 12.8 Å². The van der Waals surface area contributed by atoms with Crippen molar-refractivity contribution in [1.29, 1.82) is 0 Å². The molecule has 98 valence electrons. The molecule has 2 rings (SSSR count). The van der Waals surface area contributed by atoms with E-state index in [4.69, 9.17) is 5.73 Å². The minimum Gasteiger partial charge on any atom is -0.465 e. The number of aromatic nitrogens is 1. The van der Waals surface area contributed by atoms with Crippen LogP contribution in [0.1, 0.15) is 10.4 Å². The lowest BCUT2D eigenvalue weighted by molar-refractivity contribution is 0.0601. The van der Waals surface area contributed by atoms with E-state index in [1.807, 2.05) is 0 Å². The summed E-state index contributed by atoms with van der Waals surface area (Å²) in [6.07, 6.45) is 1.36. The highest BCUT2D eigenvalue weighted by molar-refractivity contribution is 7.99. The van der Waals surface area contributed by atoms with Crippen molar-refractivity contribution in [3.05, 3.63) is 47.9 Å². The van der Waals surface area contributed by atoms with Gasteiger partial charge in [0, 0.05) is 4.90 Å². The van der Waals surface area contributed by atoms with Crippen LogP contribution in [0.5, 0.6) is 0 Å². The minimum atomic E-state index is -0.546. The molecule has 0 fully saturated rings. The maximum atomic E-state index is 13.5. The SMILES string of the molecule is COC(=O)c1cc(Sc2ccccc2F)ncc1N. The van der Waals surface area contributed by atoms with Crippen molar-refractivity contribution in [1.82, 2.24) is 4.98 Å². The Morgan fingerprint density at radius 1 is 1.42 bits per heavy atom. The molecule has 0 saturated heterocycles. The molecule has 0 atom stereocenters. The standard InChI is InChI=1S/C13H11FN2O2S/c1-18-13(17)8-6-12(16-7-10(8)15)19-11-5-3-2-4-9(11)14/h2-7H,15H2,1H3. The molecule has 4 nitrogen and oxygen atoms in total. The Bertz CT molecular complexity index is 619. The van der Waals surface area contributed by atoms with Crippen LogP contribution in [0.15, 0.2) is 46.5 Å². The monoisotopic (exact) mass is 278 g/mol. The largest absolute Gasteiger partial charge is 0.465 e.